The molecule has 0 bridgehead atoms. The van der Waals surface area contributed by atoms with Gasteiger partial charge in [0.1, 0.15) is 24.3 Å². The third-order valence-electron chi connectivity index (χ3n) is 4.91. The number of urea groups is 1. The van der Waals surface area contributed by atoms with E-state index in [0.717, 1.165) is 12.1 Å². The molecule has 0 atom stereocenters. The fraction of sp³-hybridized carbons (Fsp3) is 0.125. The van der Waals surface area contributed by atoms with E-state index < -0.39 is 28.8 Å². The van der Waals surface area contributed by atoms with Crippen molar-refractivity contribution in [1.82, 2.24) is 19.7 Å². The minimum atomic E-state index is -4.67. The molecule has 0 aliphatic rings. The lowest BCUT2D eigenvalue weighted by Gasteiger charge is -2.13. The lowest BCUT2D eigenvalue weighted by Crippen LogP contribution is -2.20. The van der Waals surface area contributed by atoms with Crippen LogP contribution in [0, 0.1) is 0 Å². The summed E-state index contributed by atoms with van der Waals surface area (Å²) in [5.74, 6) is 0.0437. The summed E-state index contributed by atoms with van der Waals surface area (Å²) in [6, 6.07) is 11.8. The second kappa shape index (κ2) is 11.2. The van der Waals surface area contributed by atoms with E-state index in [9.17, 15) is 22.8 Å². The molecule has 2 aromatic heterocycles. The maximum atomic E-state index is 13.1. The summed E-state index contributed by atoms with van der Waals surface area (Å²) in [6.07, 6.45) is -1.79. The SMILES string of the molecule is COC(=O)Cn1ccc(-c2cc(Oc3cccc(NC(=O)Nc4ccc(Cl)c(C(F)(F)F)c4)c3)ncn2)n1. The van der Waals surface area contributed by atoms with Crippen molar-refractivity contribution < 1.29 is 32.2 Å². The summed E-state index contributed by atoms with van der Waals surface area (Å²) in [6.45, 7) is -0.0557. The number of methoxy groups -OCH3 is 1. The van der Waals surface area contributed by atoms with Crippen LogP contribution in [0.1, 0.15) is 5.56 Å². The molecule has 0 aliphatic heterocycles. The summed E-state index contributed by atoms with van der Waals surface area (Å²) in [4.78, 5) is 32.0. The van der Waals surface area contributed by atoms with E-state index in [0.29, 0.717) is 22.8 Å². The first-order valence-corrected chi connectivity index (χ1v) is 11.1. The maximum absolute atomic E-state index is 13.1. The Kier molecular flexibility index (Phi) is 7.76. The number of carbonyl (C=O) groups excluding carboxylic acids is 2. The molecular weight excluding hydrogens is 529 g/mol. The minimum absolute atomic E-state index is 0.0557. The Balaban J connectivity index is 1.42. The smallest absolute Gasteiger partial charge is 0.417 e. The van der Waals surface area contributed by atoms with Gasteiger partial charge in [-0.3, -0.25) is 9.48 Å². The van der Waals surface area contributed by atoms with E-state index in [-0.39, 0.29) is 18.1 Å². The van der Waals surface area contributed by atoms with Crippen molar-refractivity contribution >= 4 is 35.0 Å². The summed E-state index contributed by atoms with van der Waals surface area (Å²) in [5, 5.41) is 8.65. The second-order valence-corrected chi connectivity index (χ2v) is 8.02. The Bertz CT molecular complexity index is 1480. The molecule has 4 aromatic rings. The van der Waals surface area contributed by atoms with Gasteiger partial charge in [-0.15, -0.1) is 0 Å². The quantitative estimate of drug-likeness (QED) is 0.289. The molecule has 0 spiro atoms. The van der Waals surface area contributed by atoms with Crippen LogP contribution in [0.25, 0.3) is 11.4 Å². The standard InChI is InChI=1S/C24H18ClF3N6O4/c1-37-22(35)12-34-8-7-19(33-34)20-11-21(30-13-29-20)38-16-4-2-3-14(9-16)31-23(36)32-15-5-6-18(25)17(10-15)24(26,27)28/h2-11,13H,12H2,1H3,(H2,31,32,36). The highest BCUT2D eigenvalue weighted by molar-refractivity contribution is 6.31. The number of nitrogens with zero attached hydrogens (tertiary/aromatic N) is 4. The van der Waals surface area contributed by atoms with E-state index in [2.05, 4.69) is 30.4 Å². The number of aromatic nitrogens is 4. The molecule has 2 aromatic carbocycles. The molecule has 10 nitrogen and oxygen atoms in total. The molecule has 0 aliphatic carbocycles. The van der Waals surface area contributed by atoms with Gasteiger partial charge in [0.2, 0.25) is 5.88 Å². The highest BCUT2D eigenvalue weighted by Crippen LogP contribution is 2.36. The Morgan fingerprint density at radius 2 is 1.76 bits per heavy atom. The van der Waals surface area contributed by atoms with Gasteiger partial charge in [-0.2, -0.15) is 18.3 Å². The average Bonchev–Trinajstić information content (AvgIpc) is 3.33. The van der Waals surface area contributed by atoms with Crippen molar-refractivity contribution in [3.63, 3.8) is 0 Å². The number of alkyl halides is 3. The number of hydrogen-bond donors (Lipinski definition) is 2. The van der Waals surface area contributed by atoms with Crippen LogP contribution in [-0.4, -0.2) is 38.9 Å². The van der Waals surface area contributed by atoms with E-state index in [4.69, 9.17) is 16.3 Å². The predicted octanol–water partition coefficient (Wildman–Crippen LogP) is 5.62. The van der Waals surface area contributed by atoms with Crippen LogP contribution in [-0.2, 0) is 22.3 Å². The predicted molar refractivity (Wildman–Crippen MR) is 131 cm³/mol. The van der Waals surface area contributed by atoms with Crippen molar-refractivity contribution in [1.29, 1.82) is 0 Å². The molecule has 4 rings (SSSR count). The van der Waals surface area contributed by atoms with Gasteiger partial charge in [-0.1, -0.05) is 17.7 Å². The Labute approximate surface area is 218 Å². The molecular formula is C24H18ClF3N6O4. The Morgan fingerprint density at radius 1 is 1.00 bits per heavy atom. The highest BCUT2D eigenvalue weighted by Gasteiger charge is 2.33. The molecule has 0 fully saturated rings. The van der Waals surface area contributed by atoms with Crippen molar-refractivity contribution in [3.8, 4) is 23.0 Å². The van der Waals surface area contributed by atoms with Crippen LogP contribution in [0.2, 0.25) is 5.02 Å². The van der Waals surface area contributed by atoms with E-state index in [1.807, 2.05) is 0 Å². The third kappa shape index (κ3) is 6.76. The van der Waals surface area contributed by atoms with Crippen LogP contribution in [0.4, 0.5) is 29.3 Å². The fourth-order valence-electron chi connectivity index (χ4n) is 3.19. The summed E-state index contributed by atoms with van der Waals surface area (Å²) < 4.78 is 51.0. The molecule has 38 heavy (non-hydrogen) atoms. The zero-order valence-corrected chi connectivity index (χ0v) is 20.2. The normalized spacial score (nSPS) is 11.1. The first-order chi connectivity index (χ1) is 18.1. The van der Waals surface area contributed by atoms with Gasteiger partial charge < -0.3 is 20.1 Å². The molecule has 196 valence electrons. The number of benzene rings is 2. The Morgan fingerprint density at radius 3 is 2.50 bits per heavy atom. The van der Waals surface area contributed by atoms with Gasteiger partial charge in [0, 0.05) is 29.7 Å². The largest absolute Gasteiger partial charge is 0.468 e. The van der Waals surface area contributed by atoms with Crippen LogP contribution in [0.15, 0.2) is 67.1 Å². The van der Waals surface area contributed by atoms with Crippen molar-refractivity contribution in [2.45, 2.75) is 12.7 Å². The maximum Gasteiger partial charge on any atom is 0.417 e. The van der Waals surface area contributed by atoms with Gasteiger partial charge in [-0.25, -0.2) is 14.8 Å². The summed E-state index contributed by atoms with van der Waals surface area (Å²) in [5.41, 5.74) is 0.0689. The first kappa shape index (κ1) is 26.4. The van der Waals surface area contributed by atoms with Crippen LogP contribution in [0.5, 0.6) is 11.6 Å². The molecule has 2 N–H and O–H groups in total. The molecule has 0 saturated carbocycles. The lowest BCUT2D eigenvalue weighted by atomic mass is 10.2. The first-order valence-electron chi connectivity index (χ1n) is 10.8. The summed E-state index contributed by atoms with van der Waals surface area (Å²) >= 11 is 5.61. The van der Waals surface area contributed by atoms with Crippen LogP contribution in [0.3, 0.4) is 0 Å². The van der Waals surface area contributed by atoms with Crippen LogP contribution >= 0.6 is 11.6 Å². The number of hydrogen-bond acceptors (Lipinski definition) is 7. The molecule has 2 amide bonds. The number of rotatable bonds is 7. The average molecular weight is 547 g/mol. The zero-order valence-electron chi connectivity index (χ0n) is 19.5. The number of nitrogens with one attached hydrogen (secondary N) is 2. The molecule has 0 unspecified atom stereocenters. The number of amides is 2. The molecule has 0 radical (unpaired) electrons. The van der Waals surface area contributed by atoms with Crippen molar-refractivity contribution in [3.05, 3.63) is 77.7 Å². The van der Waals surface area contributed by atoms with Gasteiger partial charge >= 0.3 is 18.2 Å². The van der Waals surface area contributed by atoms with Gasteiger partial charge in [0.05, 0.1) is 23.4 Å². The van der Waals surface area contributed by atoms with E-state index >= 15 is 0 Å². The van der Waals surface area contributed by atoms with Gasteiger partial charge in [-0.05, 0) is 36.4 Å². The monoisotopic (exact) mass is 546 g/mol. The summed E-state index contributed by atoms with van der Waals surface area (Å²) in [7, 11) is 1.28. The van der Waals surface area contributed by atoms with Crippen LogP contribution < -0.4 is 15.4 Å². The van der Waals surface area contributed by atoms with E-state index in [1.54, 1.807) is 30.5 Å². The fourth-order valence-corrected chi connectivity index (χ4v) is 3.42. The number of ether oxygens (including phenoxy) is 2. The molecule has 14 heteroatoms. The third-order valence-corrected chi connectivity index (χ3v) is 5.24. The number of carbonyl (C=O) groups is 2. The highest BCUT2D eigenvalue weighted by atomic mass is 35.5. The topological polar surface area (TPSA) is 120 Å². The van der Waals surface area contributed by atoms with Crippen molar-refractivity contribution in [2.24, 2.45) is 0 Å². The zero-order chi connectivity index (χ0) is 27.3. The second-order valence-electron chi connectivity index (χ2n) is 7.62. The molecule has 0 saturated heterocycles. The minimum Gasteiger partial charge on any atom is -0.468 e. The number of esters is 1. The number of halogens is 4. The van der Waals surface area contributed by atoms with Gasteiger partial charge in [0.15, 0.2) is 0 Å². The van der Waals surface area contributed by atoms with Crippen molar-refractivity contribution in [2.75, 3.05) is 17.7 Å². The number of anilines is 2. The molecule has 2 heterocycles. The lowest BCUT2D eigenvalue weighted by molar-refractivity contribution is -0.141. The Hall–Kier alpha value is -4.65. The van der Waals surface area contributed by atoms with Gasteiger partial charge in [0.25, 0.3) is 0 Å². The van der Waals surface area contributed by atoms with E-state index in [1.165, 1.54) is 36.3 Å².